The van der Waals surface area contributed by atoms with E-state index in [1.54, 1.807) is 7.11 Å². The van der Waals surface area contributed by atoms with E-state index in [-0.39, 0.29) is 0 Å². The van der Waals surface area contributed by atoms with Crippen LogP contribution in [0.5, 0.6) is 5.88 Å². The second kappa shape index (κ2) is 3.33. The van der Waals surface area contributed by atoms with Crippen molar-refractivity contribution in [2.75, 3.05) is 7.11 Å². The van der Waals surface area contributed by atoms with Gasteiger partial charge in [-0.1, -0.05) is 13.0 Å². The van der Waals surface area contributed by atoms with E-state index in [4.69, 9.17) is 4.74 Å². The zero-order valence-corrected chi connectivity index (χ0v) is 8.74. The first kappa shape index (κ1) is 9.06. The van der Waals surface area contributed by atoms with Gasteiger partial charge in [-0.3, -0.25) is 4.68 Å². The Kier molecular flexibility index (Phi) is 2.15. The Morgan fingerprint density at radius 3 is 2.86 bits per heavy atom. The van der Waals surface area contributed by atoms with E-state index >= 15 is 0 Å². The summed E-state index contributed by atoms with van der Waals surface area (Å²) in [7, 11) is 3.58. The third kappa shape index (κ3) is 1.25. The van der Waals surface area contributed by atoms with E-state index in [0.717, 1.165) is 17.3 Å². The van der Waals surface area contributed by atoms with Crippen LogP contribution in [0.2, 0.25) is 0 Å². The Hall–Kier alpha value is -1.51. The molecule has 0 fully saturated rings. The van der Waals surface area contributed by atoms with E-state index in [1.165, 1.54) is 5.56 Å². The fourth-order valence-electron chi connectivity index (χ4n) is 1.65. The monoisotopic (exact) mass is 190 g/mol. The molecular weight excluding hydrogens is 176 g/mol. The van der Waals surface area contributed by atoms with Gasteiger partial charge < -0.3 is 4.74 Å². The van der Waals surface area contributed by atoms with Gasteiger partial charge in [-0.15, -0.1) is 5.10 Å². The Labute approximate surface area is 83.3 Å². The van der Waals surface area contributed by atoms with E-state index in [2.05, 4.69) is 30.2 Å². The number of ether oxygens (including phenoxy) is 1. The van der Waals surface area contributed by atoms with Crippen molar-refractivity contribution in [3.05, 3.63) is 23.8 Å². The predicted octanol–water partition coefficient (Wildman–Crippen LogP) is 2.14. The molecule has 0 aliphatic rings. The smallest absolute Gasteiger partial charge is 0.240 e. The molecule has 0 unspecified atom stereocenters. The molecule has 0 N–H and O–H groups in total. The lowest BCUT2D eigenvalue weighted by molar-refractivity contribution is 0.396. The normalized spacial score (nSPS) is 10.8. The summed E-state index contributed by atoms with van der Waals surface area (Å²) in [4.78, 5) is 0. The lowest BCUT2D eigenvalue weighted by atomic mass is 10.1. The number of rotatable bonds is 2. The van der Waals surface area contributed by atoms with E-state index in [1.807, 2.05) is 11.7 Å². The summed E-state index contributed by atoms with van der Waals surface area (Å²) >= 11 is 0. The molecule has 1 heterocycles. The summed E-state index contributed by atoms with van der Waals surface area (Å²) in [5.41, 5.74) is 2.42. The molecule has 1 aromatic heterocycles. The Morgan fingerprint density at radius 2 is 2.21 bits per heavy atom. The average molecular weight is 190 g/mol. The molecule has 0 saturated heterocycles. The van der Waals surface area contributed by atoms with Crippen molar-refractivity contribution in [3.8, 4) is 5.88 Å². The summed E-state index contributed by atoms with van der Waals surface area (Å²) in [5, 5.41) is 5.37. The maximum absolute atomic E-state index is 5.22. The van der Waals surface area contributed by atoms with Crippen LogP contribution in [0.25, 0.3) is 10.9 Å². The molecule has 0 amide bonds. The molecule has 0 aliphatic heterocycles. The first-order chi connectivity index (χ1) is 6.76. The number of methoxy groups -OCH3 is 1. The molecular formula is C11H14N2O. The topological polar surface area (TPSA) is 27.1 Å². The summed E-state index contributed by atoms with van der Waals surface area (Å²) < 4.78 is 7.06. The van der Waals surface area contributed by atoms with Crippen molar-refractivity contribution in [1.29, 1.82) is 0 Å². The van der Waals surface area contributed by atoms with Crippen molar-refractivity contribution in [3.63, 3.8) is 0 Å². The van der Waals surface area contributed by atoms with Crippen LogP contribution in [0.4, 0.5) is 0 Å². The van der Waals surface area contributed by atoms with Gasteiger partial charge in [0.1, 0.15) is 0 Å². The van der Waals surface area contributed by atoms with E-state index in [9.17, 15) is 0 Å². The molecule has 14 heavy (non-hydrogen) atoms. The third-order valence-corrected chi connectivity index (χ3v) is 2.48. The highest BCUT2D eigenvalue weighted by Crippen LogP contribution is 2.25. The van der Waals surface area contributed by atoms with Crippen molar-refractivity contribution in [1.82, 2.24) is 9.78 Å². The number of aryl methyl sites for hydroxylation is 2. The Morgan fingerprint density at radius 1 is 1.43 bits per heavy atom. The van der Waals surface area contributed by atoms with E-state index in [0.29, 0.717) is 5.88 Å². The molecule has 0 radical (unpaired) electrons. The number of hydrogen-bond acceptors (Lipinski definition) is 2. The van der Waals surface area contributed by atoms with Gasteiger partial charge in [0.05, 0.1) is 18.0 Å². The summed E-state index contributed by atoms with van der Waals surface area (Å²) in [5.74, 6) is 0.706. The molecule has 74 valence electrons. The fraction of sp³-hybridized carbons (Fsp3) is 0.364. The molecule has 2 aromatic rings. The van der Waals surface area contributed by atoms with Crippen LogP contribution in [0.3, 0.4) is 0 Å². The number of benzene rings is 1. The zero-order valence-electron chi connectivity index (χ0n) is 8.74. The zero-order chi connectivity index (χ0) is 10.1. The first-order valence-corrected chi connectivity index (χ1v) is 4.76. The molecule has 0 atom stereocenters. The Balaban J connectivity index is 2.71. The summed E-state index contributed by atoms with van der Waals surface area (Å²) in [6.45, 7) is 2.14. The maximum Gasteiger partial charge on any atom is 0.240 e. The van der Waals surface area contributed by atoms with Gasteiger partial charge in [0.25, 0.3) is 0 Å². The first-order valence-electron chi connectivity index (χ1n) is 4.76. The molecule has 1 aromatic carbocycles. The molecule has 0 saturated carbocycles. The molecule has 0 spiro atoms. The van der Waals surface area contributed by atoms with Crippen LogP contribution < -0.4 is 4.74 Å². The standard InChI is InChI=1S/C11H14N2O/c1-4-8-5-6-10-9(7-8)11(14-3)12-13(10)2/h5-7H,4H2,1-3H3. The van der Waals surface area contributed by atoms with Gasteiger partial charge >= 0.3 is 0 Å². The van der Waals surface area contributed by atoms with Gasteiger partial charge in [-0.2, -0.15) is 0 Å². The second-order valence-electron chi connectivity index (χ2n) is 3.34. The molecule has 3 nitrogen and oxygen atoms in total. The fourth-order valence-corrected chi connectivity index (χ4v) is 1.65. The molecule has 2 rings (SSSR count). The number of aromatic nitrogens is 2. The highest BCUT2D eigenvalue weighted by atomic mass is 16.5. The van der Waals surface area contributed by atoms with Crippen molar-refractivity contribution in [2.45, 2.75) is 13.3 Å². The highest BCUT2D eigenvalue weighted by Gasteiger charge is 2.08. The second-order valence-corrected chi connectivity index (χ2v) is 3.34. The van der Waals surface area contributed by atoms with Crippen LogP contribution in [-0.2, 0) is 13.5 Å². The van der Waals surface area contributed by atoms with E-state index < -0.39 is 0 Å². The quantitative estimate of drug-likeness (QED) is 0.725. The SMILES string of the molecule is CCc1ccc2c(c1)c(OC)nn2C. The van der Waals surface area contributed by atoms with Crippen molar-refractivity contribution in [2.24, 2.45) is 7.05 Å². The molecule has 0 bridgehead atoms. The number of nitrogens with zero attached hydrogens (tertiary/aromatic N) is 2. The summed E-state index contributed by atoms with van der Waals surface area (Å²) in [6, 6.07) is 6.36. The predicted molar refractivity (Wildman–Crippen MR) is 56.6 cm³/mol. The minimum atomic E-state index is 0.706. The van der Waals surface area contributed by atoms with Crippen molar-refractivity contribution >= 4 is 10.9 Å². The average Bonchev–Trinajstić information content (AvgIpc) is 2.55. The van der Waals surface area contributed by atoms with Gasteiger partial charge in [0, 0.05) is 7.05 Å². The number of fused-ring (bicyclic) bond motifs is 1. The van der Waals surface area contributed by atoms with Crippen LogP contribution >= 0.6 is 0 Å². The maximum atomic E-state index is 5.22. The minimum Gasteiger partial charge on any atom is -0.479 e. The lowest BCUT2D eigenvalue weighted by Gasteiger charge is -1.98. The van der Waals surface area contributed by atoms with Gasteiger partial charge in [-0.25, -0.2) is 0 Å². The highest BCUT2D eigenvalue weighted by molar-refractivity contribution is 5.85. The van der Waals surface area contributed by atoms with Crippen LogP contribution in [-0.4, -0.2) is 16.9 Å². The van der Waals surface area contributed by atoms with Crippen molar-refractivity contribution < 1.29 is 4.74 Å². The van der Waals surface area contributed by atoms with Crippen LogP contribution in [0.1, 0.15) is 12.5 Å². The third-order valence-electron chi connectivity index (χ3n) is 2.48. The Bertz CT molecular complexity index is 460. The molecule has 3 heteroatoms. The minimum absolute atomic E-state index is 0.706. The van der Waals surface area contributed by atoms with Crippen LogP contribution in [0, 0.1) is 0 Å². The van der Waals surface area contributed by atoms with Crippen LogP contribution in [0.15, 0.2) is 18.2 Å². The van der Waals surface area contributed by atoms with Gasteiger partial charge in [-0.05, 0) is 24.1 Å². The van der Waals surface area contributed by atoms with Gasteiger partial charge in [0.2, 0.25) is 5.88 Å². The lowest BCUT2D eigenvalue weighted by Crippen LogP contribution is -1.90. The summed E-state index contributed by atoms with van der Waals surface area (Å²) in [6.07, 6.45) is 1.04. The van der Waals surface area contributed by atoms with Gasteiger partial charge in [0.15, 0.2) is 0 Å². The largest absolute Gasteiger partial charge is 0.479 e. The molecule has 0 aliphatic carbocycles. The number of hydrogen-bond donors (Lipinski definition) is 0.